The smallest absolute Gasteiger partial charge is 0.233 e. The number of aromatic nitrogens is 2. The molecule has 0 N–H and O–H groups in total. The van der Waals surface area contributed by atoms with Crippen LogP contribution >= 0.6 is 34.9 Å². The van der Waals surface area contributed by atoms with Crippen LogP contribution in [0.15, 0.2) is 8.68 Å². The van der Waals surface area contributed by atoms with E-state index in [1.165, 1.54) is 24.6 Å². The van der Waals surface area contributed by atoms with Gasteiger partial charge in [0.05, 0.1) is 5.75 Å². The Morgan fingerprint density at radius 2 is 1.79 bits per heavy atom. The van der Waals surface area contributed by atoms with Gasteiger partial charge in [-0.2, -0.15) is 0 Å². The average molecular weight is 320 g/mol. The maximum absolute atomic E-state index is 11.9. The van der Waals surface area contributed by atoms with Gasteiger partial charge in [0.1, 0.15) is 0 Å². The van der Waals surface area contributed by atoms with Crippen LogP contribution in [-0.4, -0.2) is 45.6 Å². The van der Waals surface area contributed by atoms with Gasteiger partial charge in [-0.15, -0.1) is 10.2 Å². The van der Waals surface area contributed by atoms with E-state index in [1.54, 1.807) is 23.1 Å². The number of amides is 1. The number of rotatable bonds is 9. The van der Waals surface area contributed by atoms with Gasteiger partial charge in [0.2, 0.25) is 5.91 Å². The minimum atomic E-state index is 0.172. The van der Waals surface area contributed by atoms with E-state index in [9.17, 15) is 4.79 Å². The summed E-state index contributed by atoms with van der Waals surface area (Å²) in [7, 11) is 0. The Kier molecular flexibility index (Phi) is 8.48. The maximum atomic E-state index is 11.9. The van der Waals surface area contributed by atoms with Crippen LogP contribution in [0.1, 0.15) is 33.6 Å². The van der Waals surface area contributed by atoms with E-state index in [1.807, 2.05) is 18.7 Å². The lowest BCUT2D eigenvalue weighted by atomic mass is 10.4. The first-order chi connectivity index (χ1) is 9.21. The van der Waals surface area contributed by atoms with E-state index in [4.69, 9.17) is 0 Å². The molecule has 1 aromatic rings. The summed E-state index contributed by atoms with van der Waals surface area (Å²) in [5.41, 5.74) is 0. The molecular weight excluding hydrogens is 298 g/mol. The SMILES string of the molecule is CCCCSc1nnc(SCC(=O)N(CC)CC)s1. The highest BCUT2D eigenvalue weighted by Crippen LogP contribution is 2.29. The van der Waals surface area contributed by atoms with E-state index in [2.05, 4.69) is 17.1 Å². The minimum absolute atomic E-state index is 0.172. The Morgan fingerprint density at radius 1 is 1.16 bits per heavy atom. The summed E-state index contributed by atoms with van der Waals surface area (Å²) in [6, 6.07) is 0. The zero-order valence-corrected chi connectivity index (χ0v) is 14.2. The quantitative estimate of drug-likeness (QED) is 0.516. The van der Waals surface area contributed by atoms with Gasteiger partial charge in [-0.1, -0.05) is 48.2 Å². The fourth-order valence-electron chi connectivity index (χ4n) is 1.41. The topological polar surface area (TPSA) is 46.1 Å². The van der Waals surface area contributed by atoms with Gasteiger partial charge in [-0.25, -0.2) is 0 Å². The Morgan fingerprint density at radius 3 is 2.37 bits per heavy atom. The Bertz CT molecular complexity index is 380. The second-order valence-corrected chi connectivity index (χ2v) is 7.43. The van der Waals surface area contributed by atoms with Crippen molar-refractivity contribution in [2.24, 2.45) is 0 Å². The molecule has 0 radical (unpaired) electrons. The molecule has 0 fully saturated rings. The largest absolute Gasteiger partial charge is 0.343 e. The van der Waals surface area contributed by atoms with Crippen LogP contribution in [0, 0.1) is 0 Å². The van der Waals surface area contributed by atoms with Crippen LogP contribution < -0.4 is 0 Å². The predicted molar refractivity (Wildman–Crippen MR) is 84.2 cm³/mol. The molecule has 0 aliphatic heterocycles. The van der Waals surface area contributed by atoms with Gasteiger partial charge in [0.15, 0.2) is 8.68 Å². The van der Waals surface area contributed by atoms with E-state index in [-0.39, 0.29) is 5.91 Å². The van der Waals surface area contributed by atoms with Crippen molar-refractivity contribution in [3.63, 3.8) is 0 Å². The van der Waals surface area contributed by atoms with E-state index >= 15 is 0 Å². The number of hydrogen-bond donors (Lipinski definition) is 0. The van der Waals surface area contributed by atoms with Crippen molar-refractivity contribution in [1.29, 1.82) is 0 Å². The van der Waals surface area contributed by atoms with Crippen molar-refractivity contribution < 1.29 is 4.79 Å². The van der Waals surface area contributed by atoms with Crippen LogP contribution in [0.3, 0.4) is 0 Å². The second-order valence-electron chi connectivity index (χ2n) is 3.89. The van der Waals surface area contributed by atoms with Crippen LogP contribution in [0.4, 0.5) is 0 Å². The van der Waals surface area contributed by atoms with Crippen molar-refractivity contribution in [2.75, 3.05) is 24.6 Å². The van der Waals surface area contributed by atoms with Crippen molar-refractivity contribution in [3.8, 4) is 0 Å². The zero-order valence-electron chi connectivity index (χ0n) is 11.7. The molecule has 0 unspecified atom stereocenters. The summed E-state index contributed by atoms with van der Waals surface area (Å²) in [5, 5.41) is 8.25. The number of nitrogens with zero attached hydrogens (tertiary/aromatic N) is 3. The van der Waals surface area contributed by atoms with Gasteiger partial charge < -0.3 is 4.90 Å². The van der Waals surface area contributed by atoms with E-state index < -0.39 is 0 Å². The molecule has 0 spiro atoms. The minimum Gasteiger partial charge on any atom is -0.343 e. The Labute approximate surface area is 127 Å². The maximum Gasteiger partial charge on any atom is 0.233 e. The molecule has 0 bridgehead atoms. The first-order valence-electron chi connectivity index (χ1n) is 6.58. The summed E-state index contributed by atoms with van der Waals surface area (Å²) >= 11 is 4.82. The van der Waals surface area contributed by atoms with Crippen molar-refractivity contribution in [3.05, 3.63) is 0 Å². The first kappa shape index (κ1) is 16.8. The first-order valence-corrected chi connectivity index (χ1v) is 9.36. The van der Waals surface area contributed by atoms with Crippen LogP contribution in [0.5, 0.6) is 0 Å². The Hall–Kier alpha value is -0.270. The molecule has 1 aromatic heterocycles. The molecule has 1 amide bonds. The fraction of sp³-hybridized carbons (Fsp3) is 0.750. The van der Waals surface area contributed by atoms with Gasteiger partial charge in [-0.05, 0) is 20.3 Å². The van der Waals surface area contributed by atoms with Crippen molar-refractivity contribution >= 4 is 40.8 Å². The van der Waals surface area contributed by atoms with Crippen molar-refractivity contribution in [1.82, 2.24) is 15.1 Å². The normalized spacial score (nSPS) is 10.7. The summed E-state index contributed by atoms with van der Waals surface area (Å²) in [6.45, 7) is 7.72. The molecule has 19 heavy (non-hydrogen) atoms. The summed E-state index contributed by atoms with van der Waals surface area (Å²) in [6.07, 6.45) is 2.40. The van der Waals surface area contributed by atoms with Gasteiger partial charge >= 0.3 is 0 Å². The highest BCUT2D eigenvalue weighted by atomic mass is 32.2. The lowest BCUT2D eigenvalue weighted by Crippen LogP contribution is -2.31. The molecule has 0 aliphatic carbocycles. The van der Waals surface area contributed by atoms with Crippen molar-refractivity contribution in [2.45, 2.75) is 42.3 Å². The monoisotopic (exact) mass is 319 g/mol. The molecule has 0 atom stereocenters. The molecule has 7 heteroatoms. The second kappa shape index (κ2) is 9.61. The highest BCUT2D eigenvalue weighted by Gasteiger charge is 2.12. The molecular formula is C12H21N3OS3. The molecule has 0 aliphatic rings. The van der Waals surface area contributed by atoms with E-state index in [0.29, 0.717) is 5.75 Å². The lowest BCUT2D eigenvalue weighted by molar-refractivity contribution is -0.127. The molecule has 1 rings (SSSR count). The van der Waals surface area contributed by atoms with Gasteiger partial charge in [0, 0.05) is 18.8 Å². The third-order valence-electron chi connectivity index (χ3n) is 2.55. The molecule has 4 nitrogen and oxygen atoms in total. The summed E-state index contributed by atoms with van der Waals surface area (Å²) in [4.78, 5) is 13.7. The molecule has 0 aromatic carbocycles. The van der Waals surface area contributed by atoms with Gasteiger partial charge in [0.25, 0.3) is 0 Å². The molecule has 0 saturated carbocycles. The standard InChI is InChI=1S/C12H21N3OS3/c1-4-7-8-17-11-13-14-12(19-11)18-9-10(16)15(5-2)6-3/h4-9H2,1-3H3. The van der Waals surface area contributed by atoms with Crippen LogP contribution in [0.25, 0.3) is 0 Å². The summed E-state index contributed by atoms with van der Waals surface area (Å²) < 4.78 is 1.89. The number of hydrogen-bond acceptors (Lipinski definition) is 6. The molecule has 0 saturated heterocycles. The summed E-state index contributed by atoms with van der Waals surface area (Å²) in [5.74, 6) is 1.72. The zero-order chi connectivity index (χ0) is 14.1. The third kappa shape index (κ3) is 6.14. The van der Waals surface area contributed by atoms with Crippen LogP contribution in [-0.2, 0) is 4.79 Å². The number of carbonyl (C=O) groups excluding carboxylic acids is 1. The fourth-order valence-corrected chi connectivity index (χ4v) is 4.49. The molecule has 108 valence electrons. The van der Waals surface area contributed by atoms with E-state index in [0.717, 1.165) is 27.5 Å². The number of thioether (sulfide) groups is 2. The lowest BCUT2D eigenvalue weighted by Gasteiger charge is -2.17. The third-order valence-corrected chi connectivity index (χ3v) is 5.81. The predicted octanol–water partition coefficient (Wildman–Crippen LogP) is 3.39. The molecule has 1 heterocycles. The van der Waals surface area contributed by atoms with Crippen LogP contribution in [0.2, 0.25) is 0 Å². The highest BCUT2D eigenvalue weighted by molar-refractivity contribution is 8.03. The number of carbonyl (C=O) groups is 1. The van der Waals surface area contributed by atoms with Gasteiger partial charge in [-0.3, -0.25) is 4.79 Å². The Balaban J connectivity index is 2.35. The number of unbranched alkanes of at least 4 members (excludes halogenated alkanes) is 1. The average Bonchev–Trinajstić information content (AvgIpc) is 2.86.